The molecule has 2 amide bonds. The molecule has 2 rings (SSSR count). The smallest absolute Gasteiger partial charge is 0.286 e. The second kappa shape index (κ2) is 8.28. The standard InChI is InChI=1S/C19H24N4O2/c1-14-6-5-7-17(15(14)2)21-18(24)12-20-19(25)13-23-10-8-16(9-11-23)22(3)4/h5-11H,12-13H2,1-4H3,(H-,20,21,24,25)/p+1. The van der Waals surface area contributed by atoms with Gasteiger partial charge in [0.05, 0.1) is 6.54 Å². The number of hydrogen-bond acceptors (Lipinski definition) is 3. The van der Waals surface area contributed by atoms with E-state index in [1.165, 1.54) is 0 Å². The van der Waals surface area contributed by atoms with Crippen LogP contribution < -0.4 is 20.1 Å². The molecular formula is C19H25N4O2+. The van der Waals surface area contributed by atoms with Gasteiger partial charge in [0, 0.05) is 37.6 Å². The van der Waals surface area contributed by atoms with Gasteiger partial charge >= 0.3 is 0 Å². The minimum Gasteiger partial charge on any atom is -0.377 e. The predicted molar refractivity (Wildman–Crippen MR) is 98.5 cm³/mol. The van der Waals surface area contributed by atoms with Crippen molar-refractivity contribution in [2.24, 2.45) is 0 Å². The number of hydrogen-bond donors (Lipinski definition) is 2. The van der Waals surface area contributed by atoms with Crippen LogP contribution in [0.1, 0.15) is 11.1 Å². The number of benzene rings is 1. The van der Waals surface area contributed by atoms with Crippen LogP contribution in [-0.4, -0.2) is 32.5 Å². The Balaban J connectivity index is 1.83. The molecule has 2 aromatic rings. The van der Waals surface area contributed by atoms with Gasteiger partial charge in [-0.3, -0.25) is 9.59 Å². The summed E-state index contributed by atoms with van der Waals surface area (Å²) in [5, 5.41) is 5.46. The van der Waals surface area contributed by atoms with Crippen molar-refractivity contribution in [2.45, 2.75) is 20.4 Å². The van der Waals surface area contributed by atoms with Crippen LogP contribution >= 0.6 is 0 Å². The summed E-state index contributed by atoms with van der Waals surface area (Å²) >= 11 is 0. The Morgan fingerprint density at radius 1 is 1.04 bits per heavy atom. The highest BCUT2D eigenvalue weighted by molar-refractivity contribution is 5.95. The molecule has 1 heterocycles. The van der Waals surface area contributed by atoms with E-state index in [0.29, 0.717) is 0 Å². The molecule has 0 atom stereocenters. The Kier molecular flexibility index (Phi) is 6.11. The molecule has 0 saturated heterocycles. The zero-order valence-corrected chi connectivity index (χ0v) is 15.2. The van der Waals surface area contributed by atoms with Crippen LogP contribution in [0.5, 0.6) is 0 Å². The minimum absolute atomic E-state index is 0.0530. The van der Waals surface area contributed by atoms with Crippen molar-refractivity contribution in [3.63, 3.8) is 0 Å². The molecule has 0 aliphatic rings. The minimum atomic E-state index is -0.241. The number of nitrogens with zero attached hydrogens (tertiary/aromatic N) is 2. The Hall–Kier alpha value is -2.89. The summed E-state index contributed by atoms with van der Waals surface area (Å²) in [6, 6.07) is 9.60. The average Bonchev–Trinajstić information content (AvgIpc) is 2.58. The van der Waals surface area contributed by atoms with Gasteiger partial charge in [-0.05, 0) is 31.0 Å². The number of pyridine rings is 1. The Labute approximate surface area is 148 Å². The van der Waals surface area contributed by atoms with E-state index in [4.69, 9.17) is 0 Å². The van der Waals surface area contributed by atoms with Crippen molar-refractivity contribution in [3.8, 4) is 0 Å². The maximum atomic E-state index is 12.0. The van der Waals surface area contributed by atoms with E-state index in [1.54, 1.807) is 4.57 Å². The van der Waals surface area contributed by atoms with Crippen molar-refractivity contribution in [1.29, 1.82) is 0 Å². The quantitative estimate of drug-likeness (QED) is 0.781. The fourth-order valence-electron chi connectivity index (χ4n) is 2.33. The molecule has 0 saturated carbocycles. The second-order valence-corrected chi connectivity index (χ2v) is 6.20. The lowest BCUT2D eigenvalue weighted by Crippen LogP contribution is -2.44. The summed E-state index contributed by atoms with van der Waals surface area (Å²) in [6.07, 6.45) is 3.68. The second-order valence-electron chi connectivity index (χ2n) is 6.20. The summed E-state index contributed by atoms with van der Waals surface area (Å²) in [7, 11) is 3.92. The fourth-order valence-corrected chi connectivity index (χ4v) is 2.33. The van der Waals surface area contributed by atoms with Gasteiger partial charge in [0.25, 0.3) is 5.91 Å². The molecule has 0 aliphatic carbocycles. The lowest BCUT2D eigenvalue weighted by Gasteiger charge is -2.11. The first-order valence-corrected chi connectivity index (χ1v) is 8.16. The Morgan fingerprint density at radius 3 is 2.36 bits per heavy atom. The third-order valence-electron chi connectivity index (χ3n) is 4.04. The number of anilines is 2. The SMILES string of the molecule is Cc1cccc(NC(=O)CNC(=O)C[n+]2ccc(N(C)C)cc2)c1C. The van der Waals surface area contributed by atoms with E-state index in [1.807, 2.05) is 75.6 Å². The number of amides is 2. The molecule has 0 unspecified atom stereocenters. The van der Waals surface area contributed by atoms with Crippen LogP contribution in [-0.2, 0) is 16.1 Å². The maximum absolute atomic E-state index is 12.0. The topological polar surface area (TPSA) is 65.3 Å². The number of carbonyl (C=O) groups excluding carboxylic acids is 2. The molecule has 1 aromatic heterocycles. The zero-order chi connectivity index (χ0) is 18.4. The zero-order valence-electron chi connectivity index (χ0n) is 15.2. The largest absolute Gasteiger partial charge is 0.377 e. The molecular weight excluding hydrogens is 316 g/mol. The lowest BCUT2D eigenvalue weighted by molar-refractivity contribution is -0.684. The highest BCUT2D eigenvalue weighted by Crippen LogP contribution is 2.17. The molecule has 0 aliphatic heterocycles. The number of nitrogens with one attached hydrogen (secondary N) is 2. The molecule has 0 radical (unpaired) electrons. The number of carbonyl (C=O) groups is 2. The van der Waals surface area contributed by atoms with Crippen LogP contribution in [0.3, 0.4) is 0 Å². The molecule has 6 nitrogen and oxygen atoms in total. The fraction of sp³-hybridized carbons (Fsp3) is 0.316. The van der Waals surface area contributed by atoms with E-state index in [2.05, 4.69) is 10.6 Å². The lowest BCUT2D eigenvalue weighted by atomic mass is 10.1. The van der Waals surface area contributed by atoms with Crippen LogP contribution in [0.4, 0.5) is 11.4 Å². The van der Waals surface area contributed by atoms with Gasteiger partial charge in [0.2, 0.25) is 12.5 Å². The molecule has 0 bridgehead atoms. The molecule has 132 valence electrons. The molecule has 0 fully saturated rings. The van der Waals surface area contributed by atoms with Crippen LogP contribution in [0.2, 0.25) is 0 Å². The number of aromatic nitrogens is 1. The molecule has 6 heteroatoms. The van der Waals surface area contributed by atoms with E-state index in [9.17, 15) is 9.59 Å². The number of rotatable bonds is 6. The summed E-state index contributed by atoms with van der Waals surface area (Å²) < 4.78 is 1.77. The first kappa shape index (κ1) is 18.4. The van der Waals surface area contributed by atoms with Crippen molar-refractivity contribution >= 4 is 23.2 Å². The third kappa shape index (κ3) is 5.31. The van der Waals surface area contributed by atoms with E-state index < -0.39 is 0 Å². The summed E-state index contributed by atoms with van der Waals surface area (Å²) in [5.74, 6) is -0.450. The Bertz CT molecular complexity index is 755. The number of aryl methyl sites for hydroxylation is 1. The first-order chi connectivity index (χ1) is 11.9. The van der Waals surface area contributed by atoms with Gasteiger partial charge < -0.3 is 15.5 Å². The van der Waals surface area contributed by atoms with Gasteiger partial charge in [-0.15, -0.1) is 0 Å². The first-order valence-electron chi connectivity index (χ1n) is 8.16. The molecule has 1 aromatic carbocycles. The monoisotopic (exact) mass is 341 g/mol. The van der Waals surface area contributed by atoms with E-state index in [0.717, 1.165) is 22.5 Å². The van der Waals surface area contributed by atoms with Crippen molar-refractivity contribution in [2.75, 3.05) is 30.9 Å². The van der Waals surface area contributed by atoms with Crippen molar-refractivity contribution in [3.05, 3.63) is 53.9 Å². The van der Waals surface area contributed by atoms with E-state index >= 15 is 0 Å². The van der Waals surface area contributed by atoms with Gasteiger partial charge in [0.1, 0.15) is 0 Å². The van der Waals surface area contributed by atoms with Crippen LogP contribution in [0.25, 0.3) is 0 Å². The molecule has 25 heavy (non-hydrogen) atoms. The van der Waals surface area contributed by atoms with Gasteiger partial charge in [-0.25, -0.2) is 0 Å². The van der Waals surface area contributed by atoms with Gasteiger partial charge in [0.15, 0.2) is 12.4 Å². The molecule has 2 N–H and O–H groups in total. The van der Waals surface area contributed by atoms with Crippen LogP contribution in [0.15, 0.2) is 42.7 Å². The Morgan fingerprint density at radius 2 is 1.72 bits per heavy atom. The van der Waals surface area contributed by atoms with Crippen molar-refractivity contribution < 1.29 is 14.2 Å². The highest BCUT2D eigenvalue weighted by atomic mass is 16.2. The van der Waals surface area contributed by atoms with Gasteiger partial charge in [-0.2, -0.15) is 4.57 Å². The highest BCUT2D eigenvalue weighted by Gasteiger charge is 2.12. The van der Waals surface area contributed by atoms with Gasteiger partial charge in [-0.1, -0.05) is 12.1 Å². The maximum Gasteiger partial charge on any atom is 0.286 e. The van der Waals surface area contributed by atoms with Crippen molar-refractivity contribution in [1.82, 2.24) is 5.32 Å². The normalized spacial score (nSPS) is 10.2. The summed E-state index contributed by atoms with van der Waals surface area (Å²) in [5.41, 5.74) is 3.97. The molecule has 0 spiro atoms. The summed E-state index contributed by atoms with van der Waals surface area (Å²) in [6.45, 7) is 4.07. The van der Waals surface area contributed by atoms with Crippen LogP contribution in [0, 0.1) is 13.8 Å². The van der Waals surface area contributed by atoms with E-state index in [-0.39, 0.29) is 24.9 Å². The average molecular weight is 341 g/mol. The summed E-state index contributed by atoms with van der Waals surface area (Å²) in [4.78, 5) is 26.0. The predicted octanol–water partition coefficient (Wildman–Crippen LogP) is 1.41. The third-order valence-corrected chi connectivity index (χ3v) is 4.04.